The van der Waals surface area contributed by atoms with Gasteiger partial charge in [0, 0.05) is 24.3 Å². The fourth-order valence-electron chi connectivity index (χ4n) is 2.52. The van der Waals surface area contributed by atoms with E-state index in [-0.39, 0.29) is 5.91 Å². The lowest BCUT2D eigenvalue weighted by Crippen LogP contribution is -2.41. The zero-order valence-electron chi connectivity index (χ0n) is 13.3. The van der Waals surface area contributed by atoms with E-state index in [4.69, 9.17) is 4.74 Å². The van der Waals surface area contributed by atoms with Crippen molar-refractivity contribution in [1.29, 1.82) is 0 Å². The van der Waals surface area contributed by atoms with Crippen LogP contribution in [0, 0.1) is 0 Å². The number of alkyl halides is 1. The summed E-state index contributed by atoms with van der Waals surface area (Å²) in [6.07, 6.45) is 3.37. The largest absolute Gasteiger partial charge is 0.497 e. The predicted molar refractivity (Wildman–Crippen MR) is 91.2 cm³/mol. The second-order valence-corrected chi connectivity index (χ2v) is 5.89. The molecule has 1 aromatic rings. The Balaban J connectivity index is 2.59. The topological polar surface area (TPSA) is 29.5 Å². The minimum absolute atomic E-state index is 0.249. The van der Waals surface area contributed by atoms with E-state index in [9.17, 15) is 4.79 Å². The van der Waals surface area contributed by atoms with Crippen LogP contribution < -0.4 is 4.74 Å². The van der Waals surface area contributed by atoms with Gasteiger partial charge in [-0.1, -0.05) is 41.9 Å². The Hall–Kier alpha value is -1.03. The molecule has 0 saturated heterocycles. The SMILES string of the molecule is CCC(CC)N(CCBr)C(=O)CCc1ccc(OC)cc1. The van der Waals surface area contributed by atoms with E-state index < -0.39 is 0 Å². The Bertz CT molecular complexity index is 415. The van der Waals surface area contributed by atoms with Crippen molar-refractivity contribution in [2.45, 2.75) is 45.6 Å². The minimum atomic E-state index is 0.249. The number of carbonyl (C=O) groups excluding carboxylic acids is 1. The van der Waals surface area contributed by atoms with Crippen LogP contribution in [0.2, 0.25) is 0 Å². The van der Waals surface area contributed by atoms with Gasteiger partial charge in [-0.25, -0.2) is 0 Å². The van der Waals surface area contributed by atoms with Crippen LogP contribution in [-0.4, -0.2) is 35.8 Å². The van der Waals surface area contributed by atoms with Crippen LogP contribution in [0.4, 0.5) is 0 Å². The fraction of sp³-hybridized carbons (Fsp3) is 0.588. The highest BCUT2D eigenvalue weighted by Crippen LogP contribution is 2.15. The summed E-state index contributed by atoms with van der Waals surface area (Å²) >= 11 is 3.45. The van der Waals surface area contributed by atoms with E-state index in [1.165, 1.54) is 5.56 Å². The minimum Gasteiger partial charge on any atom is -0.497 e. The molecule has 0 N–H and O–H groups in total. The molecule has 0 aliphatic carbocycles. The summed E-state index contributed by atoms with van der Waals surface area (Å²) in [5.41, 5.74) is 1.17. The molecule has 0 saturated carbocycles. The van der Waals surface area contributed by atoms with E-state index in [1.807, 2.05) is 29.2 Å². The Kier molecular flexibility index (Phi) is 8.43. The fourth-order valence-corrected chi connectivity index (χ4v) is 2.90. The van der Waals surface area contributed by atoms with Gasteiger partial charge in [0.15, 0.2) is 0 Å². The number of hydrogen-bond donors (Lipinski definition) is 0. The average Bonchev–Trinajstić information content (AvgIpc) is 2.53. The van der Waals surface area contributed by atoms with Crippen LogP contribution >= 0.6 is 15.9 Å². The van der Waals surface area contributed by atoms with Gasteiger partial charge in [-0.3, -0.25) is 4.79 Å². The maximum Gasteiger partial charge on any atom is 0.223 e. The molecule has 3 nitrogen and oxygen atoms in total. The normalized spacial score (nSPS) is 10.7. The van der Waals surface area contributed by atoms with Crippen molar-refractivity contribution in [2.24, 2.45) is 0 Å². The van der Waals surface area contributed by atoms with E-state index >= 15 is 0 Å². The predicted octanol–water partition coefficient (Wildman–Crippen LogP) is 4.04. The number of hydrogen-bond acceptors (Lipinski definition) is 2. The van der Waals surface area contributed by atoms with Crippen LogP contribution in [0.1, 0.15) is 38.7 Å². The van der Waals surface area contributed by atoms with Crippen LogP contribution in [0.5, 0.6) is 5.75 Å². The second kappa shape index (κ2) is 9.82. The molecule has 0 spiro atoms. The number of methoxy groups -OCH3 is 1. The van der Waals surface area contributed by atoms with Gasteiger partial charge >= 0.3 is 0 Å². The van der Waals surface area contributed by atoms with Crippen LogP contribution in [0.15, 0.2) is 24.3 Å². The van der Waals surface area contributed by atoms with Crippen LogP contribution in [0.25, 0.3) is 0 Å². The molecule has 1 amide bonds. The summed E-state index contributed by atoms with van der Waals surface area (Å²) in [5.74, 6) is 1.10. The number of ether oxygens (including phenoxy) is 1. The van der Waals surface area contributed by atoms with E-state index in [0.29, 0.717) is 12.5 Å². The zero-order valence-corrected chi connectivity index (χ0v) is 14.9. The second-order valence-electron chi connectivity index (χ2n) is 5.09. The zero-order chi connectivity index (χ0) is 15.7. The van der Waals surface area contributed by atoms with E-state index in [2.05, 4.69) is 29.8 Å². The Labute approximate surface area is 136 Å². The van der Waals surface area contributed by atoms with Gasteiger partial charge in [0.2, 0.25) is 5.91 Å². The van der Waals surface area contributed by atoms with Gasteiger partial charge in [0.05, 0.1) is 7.11 Å². The molecular formula is C17H26BrNO2. The first-order chi connectivity index (χ1) is 10.2. The first-order valence-corrected chi connectivity index (χ1v) is 8.76. The maximum atomic E-state index is 12.5. The third-order valence-electron chi connectivity index (χ3n) is 3.82. The van der Waals surface area contributed by atoms with Gasteiger partial charge in [-0.05, 0) is 37.0 Å². The van der Waals surface area contributed by atoms with Crippen molar-refractivity contribution in [3.8, 4) is 5.75 Å². The summed E-state index contributed by atoms with van der Waals surface area (Å²) in [5, 5.41) is 0.831. The number of rotatable bonds is 9. The number of nitrogens with zero attached hydrogens (tertiary/aromatic N) is 1. The lowest BCUT2D eigenvalue weighted by molar-refractivity contribution is -0.133. The highest BCUT2D eigenvalue weighted by atomic mass is 79.9. The van der Waals surface area contributed by atoms with Gasteiger partial charge < -0.3 is 9.64 Å². The molecule has 118 valence electrons. The monoisotopic (exact) mass is 355 g/mol. The molecule has 0 unspecified atom stereocenters. The highest BCUT2D eigenvalue weighted by molar-refractivity contribution is 9.09. The van der Waals surface area contributed by atoms with Crippen LogP contribution in [0.3, 0.4) is 0 Å². The van der Waals surface area contributed by atoms with Crippen molar-refractivity contribution >= 4 is 21.8 Å². The number of halogens is 1. The van der Waals surface area contributed by atoms with E-state index in [0.717, 1.165) is 36.9 Å². The summed E-state index contributed by atoms with van der Waals surface area (Å²) in [4.78, 5) is 14.5. The van der Waals surface area contributed by atoms with Gasteiger partial charge in [0.25, 0.3) is 0 Å². The standard InChI is InChI=1S/C17H26BrNO2/c1-4-15(5-2)19(13-12-18)17(20)11-8-14-6-9-16(21-3)10-7-14/h6-7,9-10,15H,4-5,8,11-13H2,1-3H3. The molecule has 0 atom stereocenters. The smallest absolute Gasteiger partial charge is 0.223 e. The van der Waals surface area contributed by atoms with Crippen LogP contribution in [-0.2, 0) is 11.2 Å². The number of amides is 1. The molecule has 4 heteroatoms. The molecule has 1 aromatic carbocycles. The summed E-state index contributed by atoms with van der Waals surface area (Å²) in [6.45, 7) is 5.08. The number of carbonyl (C=O) groups is 1. The number of aryl methyl sites for hydroxylation is 1. The molecule has 0 aromatic heterocycles. The molecule has 0 aliphatic rings. The Morgan fingerprint density at radius 2 is 1.86 bits per heavy atom. The first kappa shape index (κ1) is 18.0. The average molecular weight is 356 g/mol. The molecule has 21 heavy (non-hydrogen) atoms. The summed E-state index contributed by atoms with van der Waals surface area (Å²) in [7, 11) is 1.66. The van der Waals surface area contributed by atoms with Gasteiger partial charge in [0.1, 0.15) is 5.75 Å². The molecular weight excluding hydrogens is 330 g/mol. The third kappa shape index (κ3) is 5.70. The molecule has 0 heterocycles. The van der Waals surface area contributed by atoms with Gasteiger partial charge in [-0.15, -0.1) is 0 Å². The van der Waals surface area contributed by atoms with Crippen molar-refractivity contribution in [2.75, 3.05) is 19.0 Å². The molecule has 1 rings (SSSR count). The summed E-state index contributed by atoms with van der Waals surface area (Å²) < 4.78 is 5.15. The molecule has 0 fully saturated rings. The Morgan fingerprint density at radius 3 is 2.33 bits per heavy atom. The van der Waals surface area contributed by atoms with Crippen molar-refractivity contribution in [3.63, 3.8) is 0 Å². The lowest BCUT2D eigenvalue weighted by atomic mass is 10.1. The van der Waals surface area contributed by atoms with E-state index in [1.54, 1.807) is 7.11 Å². The Morgan fingerprint density at radius 1 is 1.24 bits per heavy atom. The number of benzene rings is 1. The third-order valence-corrected chi connectivity index (χ3v) is 4.17. The molecule has 0 radical (unpaired) electrons. The quantitative estimate of drug-likeness (QED) is 0.625. The lowest BCUT2D eigenvalue weighted by Gasteiger charge is -2.30. The first-order valence-electron chi connectivity index (χ1n) is 7.64. The molecule has 0 aliphatic heterocycles. The summed E-state index contributed by atoms with van der Waals surface area (Å²) in [6, 6.07) is 8.29. The maximum absolute atomic E-state index is 12.5. The molecule has 0 bridgehead atoms. The van der Waals surface area contributed by atoms with Gasteiger partial charge in [-0.2, -0.15) is 0 Å². The van der Waals surface area contributed by atoms with Crippen molar-refractivity contribution in [3.05, 3.63) is 29.8 Å². The van der Waals surface area contributed by atoms with Crippen molar-refractivity contribution in [1.82, 2.24) is 4.90 Å². The highest BCUT2D eigenvalue weighted by Gasteiger charge is 2.19. The van der Waals surface area contributed by atoms with Crippen molar-refractivity contribution < 1.29 is 9.53 Å².